The number of imidazole rings is 1. The summed E-state index contributed by atoms with van der Waals surface area (Å²) in [6, 6.07) is 12.3. The normalized spacial score (nSPS) is 10.8. The maximum absolute atomic E-state index is 12.1. The Kier molecular flexibility index (Phi) is 2.95. The Morgan fingerprint density at radius 1 is 1.20 bits per heavy atom. The molecule has 0 saturated carbocycles. The van der Waals surface area contributed by atoms with Gasteiger partial charge in [0, 0.05) is 0 Å². The van der Waals surface area contributed by atoms with Crippen LogP contribution < -0.4 is 10.4 Å². The average molecular weight is 270 g/mol. The molecule has 3 aromatic rings. The first kappa shape index (κ1) is 12.3. The fourth-order valence-corrected chi connectivity index (χ4v) is 2.29. The standard InChI is InChI=1S/C15H14N2O3/c1-20-13-4-2-3-12-14(13)17(15(19)16-12)9-10-5-7-11(18)8-6-10/h2-8,18H,9H2,1H3,(H,16,19). The highest BCUT2D eigenvalue weighted by molar-refractivity contribution is 5.82. The number of phenolic OH excluding ortho intramolecular Hbond substituents is 1. The number of aromatic nitrogens is 2. The molecule has 0 aliphatic rings. The molecule has 1 heterocycles. The van der Waals surface area contributed by atoms with Gasteiger partial charge >= 0.3 is 5.69 Å². The summed E-state index contributed by atoms with van der Waals surface area (Å²) in [5.74, 6) is 0.859. The number of methoxy groups -OCH3 is 1. The zero-order valence-corrected chi connectivity index (χ0v) is 11.0. The van der Waals surface area contributed by atoms with Crippen LogP contribution in [0, 0.1) is 0 Å². The molecule has 2 N–H and O–H groups in total. The number of hydrogen-bond acceptors (Lipinski definition) is 3. The van der Waals surface area contributed by atoms with Crippen LogP contribution >= 0.6 is 0 Å². The summed E-state index contributed by atoms with van der Waals surface area (Å²) in [7, 11) is 1.58. The van der Waals surface area contributed by atoms with Crippen LogP contribution in [0.2, 0.25) is 0 Å². The molecule has 0 spiro atoms. The molecule has 0 radical (unpaired) electrons. The number of aromatic hydroxyl groups is 1. The lowest BCUT2D eigenvalue weighted by atomic mass is 10.2. The number of phenols is 1. The number of nitrogens with one attached hydrogen (secondary N) is 1. The quantitative estimate of drug-likeness (QED) is 0.765. The predicted octanol–water partition coefficient (Wildman–Crippen LogP) is 2.09. The lowest BCUT2D eigenvalue weighted by Gasteiger charge is -2.07. The van der Waals surface area contributed by atoms with Crippen molar-refractivity contribution in [2.45, 2.75) is 6.54 Å². The third-order valence-corrected chi connectivity index (χ3v) is 3.25. The number of fused-ring (bicyclic) bond motifs is 1. The van der Waals surface area contributed by atoms with Crippen LogP contribution in [0.25, 0.3) is 11.0 Å². The zero-order chi connectivity index (χ0) is 14.1. The number of ether oxygens (including phenoxy) is 1. The Bertz CT molecular complexity index is 800. The summed E-state index contributed by atoms with van der Waals surface area (Å²) in [4.78, 5) is 14.9. The Labute approximate surface area is 115 Å². The van der Waals surface area contributed by atoms with E-state index in [4.69, 9.17) is 4.74 Å². The van der Waals surface area contributed by atoms with Gasteiger partial charge in [0.2, 0.25) is 0 Å². The van der Waals surface area contributed by atoms with E-state index in [9.17, 15) is 9.90 Å². The van der Waals surface area contributed by atoms with Crippen molar-refractivity contribution in [1.82, 2.24) is 9.55 Å². The lowest BCUT2D eigenvalue weighted by molar-refractivity contribution is 0.417. The first-order valence-corrected chi connectivity index (χ1v) is 6.22. The summed E-state index contributed by atoms with van der Waals surface area (Å²) in [5, 5.41) is 9.30. The van der Waals surface area contributed by atoms with Crippen molar-refractivity contribution in [2.24, 2.45) is 0 Å². The van der Waals surface area contributed by atoms with E-state index in [2.05, 4.69) is 4.98 Å². The van der Waals surface area contributed by atoms with Gasteiger partial charge in [0.05, 0.1) is 19.2 Å². The second-order valence-electron chi connectivity index (χ2n) is 4.54. The van der Waals surface area contributed by atoms with Gasteiger partial charge in [-0.05, 0) is 29.8 Å². The molecular weight excluding hydrogens is 256 g/mol. The molecule has 102 valence electrons. The van der Waals surface area contributed by atoms with Gasteiger partial charge in [-0.2, -0.15) is 0 Å². The lowest BCUT2D eigenvalue weighted by Crippen LogP contribution is -2.17. The van der Waals surface area contributed by atoms with Crippen molar-refractivity contribution in [3.63, 3.8) is 0 Å². The van der Waals surface area contributed by atoms with Gasteiger partial charge in [-0.3, -0.25) is 4.57 Å². The Morgan fingerprint density at radius 2 is 1.95 bits per heavy atom. The molecule has 0 aliphatic heterocycles. The molecule has 1 aromatic heterocycles. The SMILES string of the molecule is COc1cccc2[nH]c(=O)n(Cc3ccc(O)cc3)c12. The monoisotopic (exact) mass is 270 g/mol. The molecule has 0 saturated heterocycles. The van der Waals surface area contributed by atoms with Crippen LogP contribution in [0.4, 0.5) is 0 Å². The van der Waals surface area contributed by atoms with Gasteiger partial charge in [-0.25, -0.2) is 4.79 Å². The van der Waals surface area contributed by atoms with Crippen LogP contribution in [0.1, 0.15) is 5.56 Å². The Balaban J connectivity index is 2.13. The maximum atomic E-state index is 12.1. The van der Waals surface area contributed by atoms with Gasteiger partial charge in [0.25, 0.3) is 0 Å². The van der Waals surface area contributed by atoms with E-state index in [0.717, 1.165) is 16.6 Å². The van der Waals surface area contributed by atoms with E-state index in [-0.39, 0.29) is 11.4 Å². The molecule has 3 rings (SSSR count). The third kappa shape index (κ3) is 2.03. The molecule has 0 unspecified atom stereocenters. The maximum Gasteiger partial charge on any atom is 0.326 e. The Hall–Kier alpha value is -2.69. The molecule has 0 fully saturated rings. The third-order valence-electron chi connectivity index (χ3n) is 3.25. The van der Waals surface area contributed by atoms with E-state index in [1.807, 2.05) is 18.2 Å². The first-order valence-electron chi connectivity index (χ1n) is 6.22. The van der Waals surface area contributed by atoms with E-state index in [1.165, 1.54) is 0 Å². The van der Waals surface area contributed by atoms with Crippen molar-refractivity contribution in [1.29, 1.82) is 0 Å². The molecular formula is C15H14N2O3. The van der Waals surface area contributed by atoms with Crippen molar-refractivity contribution in [2.75, 3.05) is 7.11 Å². The highest BCUT2D eigenvalue weighted by Crippen LogP contribution is 2.23. The number of rotatable bonds is 3. The van der Waals surface area contributed by atoms with E-state index < -0.39 is 0 Å². The second kappa shape index (κ2) is 4.77. The van der Waals surface area contributed by atoms with Crippen LogP contribution in [-0.2, 0) is 6.54 Å². The topological polar surface area (TPSA) is 67.2 Å². The van der Waals surface area contributed by atoms with Crippen LogP contribution in [-0.4, -0.2) is 21.8 Å². The highest BCUT2D eigenvalue weighted by Gasteiger charge is 2.11. The van der Waals surface area contributed by atoms with E-state index in [1.54, 1.807) is 35.9 Å². The summed E-state index contributed by atoms with van der Waals surface area (Å²) in [6.45, 7) is 0.416. The molecule has 5 nitrogen and oxygen atoms in total. The molecule has 0 bridgehead atoms. The molecule has 2 aromatic carbocycles. The minimum Gasteiger partial charge on any atom is -0.508 e. The fourth-order valence-electron chi connectivity index (χ4n) is 2.29. The van der Waals surface area contributed by atoms with Gasteiger partial charge in [0.1, 0.15) is 17.0 Å². The van der Waals surface area contributed by atoms with Crippen LogP contribution in [0.3, 0.4) is 0 Å². The van der Waals surface area contributed by atoms with Gasteiger partial charge < -0.3 is 14.8 Å². The minimum absolute atomic E-state index is 0.183. The number of nitrogens with zero attached hydrogens (tertiary/aromatic N) is 1. The summed E-state index contributed by atoms with van der Waals surface area (Å²) < 4.78 is 6.94. The summed E-state index contributed by atoms with van der Waals surface area (Å²) in [5.41, 5.74) is 2.23. The number of para-hydroxylation sites is 1. The number of hydrogen-bond donors (Lipinski definition) is 2. The predicted molar refractivity (Wildman–Crippen MR) is 76.3 cm³/mol. The van der Waals surface area contributed by atoms with Gasteiger partial charge in [-0.15, -0.1) is 0 Å². The molecule has 20 heavy (non-hydrogen) atoms. The smallest absolute Gasteiger partial charge is 0.326 e. The number of aromatic amines is 1. The fraction of sp³-hybridized carbons (Fsp3) is 0.133. The zero-order valence-electron chi connectivity index (χ0n) is 11.0. The van der Waals surface area contributed by atoms with Gasteiger partial charge in [0.15, 0.2) is 0 Å². The molecule has 0 aliphatic carbocycles. The summed E-state index contributed by atoms with van der Waals surface area (Å²) in [6.07, 6.45) is 0. The van der Waals surface area contributed by atoms with Crippen molar-refractivity contribution >= 4 is 11.0 Å². The largest absolute Gasteiger partial charge is 0.508 e. The Morgan fingerprint density at radius 3 is 2.65 bits per heavy atom. The highest BCUT2D eigenvalue weighted by atomic mass is 16.5. The van der Waals surface area contributed by atoms with Crippen molar-refractivity contribution < 1.29 is 9.84 Å². The first-order chi connectivity index (χ1) is 9.69. The number of benzene rings is 2. The molecule has 0 amide bonds. The van der Waals surface area contributed by atoms with E-state index >= 15 is 0 Å². The van der Waals surface area contributed by atoms with E-state index in [0.29, 0.717) is 12.3 Å². The van der Waals surface area contributed by atoms with Crippen molar-refractivity contribution in [3.8, 4) is 11.5 Å². The van der Waals surface area contributed by atoms with Gasteiger partial charge in [-0.1, -0.05) is 18.2 Å². The number of H-pyrrole nitrogens is 1. The van der Waals surface area contributed by atoms with Crippen LogP contribution in [0.5, 0.6) is 11.5 Å². The average Bonchev–Trinajstić information content (AvgIpc) is 2.77. The van der Waals surface area contributed by atoms with Crippen molar-refractivity contribution in [3.05, 3.63) is 58.5 Å². The summed E-state index contributed by atoms with van der Waals surface area (Å²) >= 11 is 0. The molecule has 0 atom stereocenters. The minimum atomic E-state index is -0.183. The van der Waals surface area contributed by atoms with Crippen LogP contribution in [0.15, 0.2) is 47.3 Å². The molecule has 5 heteroatoms. The second-order valence-corrected chi connectivity index (χ2v) is 4.54.